The van der Waals surface area contributed by atoms with Gasteiger partial charge < -0.3 is 107 Å². The minimum Gasteiger partial charge on any atom is -0.508 e. The van der Waals surface area contributed by atoms with E-state index in [0.29, 0.717) is 48.3 Å². The summed E-state index contributed by atoms with van der Waals surface area (Å²) in [5.41, 5.74) is 18.3. The quantitative estimate of drug-likeness (QED) is 0.0251. The zero-order valence-corrected chi connectivity index (χ0v) is 71.9. The molecule has 3 aromatic carbocycles. The van der Waals surface area contributed by atoms with Crippen LogP contribution in [0.3, 0.4) is 0 Å². The Labute approximate surface area is 710 Å². The Hall–Kier alpha value is -10.4. The van der Waals surface area contributed by atoms with Crippen LogP contribution in [0.5, 0.6) is 5.75 Å². The summed E-state index contributed by atoms with van der Waals surface area (Å²) < 4.78 is 0. The molecule has 38 heteroatoms. The highest BCUT2D eigenvalue weighted by atomic mass is 32.2. The van der Waals surface area contributed by atoms with Gasteiger partial charge in [0.25, 0.3) is 0 Å². The summed E-state index contributed by atoms with van der Waals surface area (Å²) in [6.07, 6.45) is 0.358. The number of carboxylic acids is 2. The van der Waals surface area contributed by atoms with Crippen LogP contribution in [0.15, 0.2) is 84.9 Å². The highest BCUT2D eigenvalue weighted by Gasteiger charge is 2.40. The average molecular weight is 1720 g/mol. The first-order valence-electron chi connectivity index (χ1n) is 40.4. The number of hydrogen-bond acceptors (Lipinski definition) is 22. The zero-order chi connectivity index (χ0) is 90.0. The summed E-state index contributed by atoms with van der Waals surface area (Å²) >= 11 is 5.69. The molecule has 0 aromatic heterocycles. The molecule has 3 rings (SSSR count). The van der Waals surface area contributed by atoms with Crippen molar-refractivity contribution < 1.29 is 97.1 Å². The number of aliphatic hydroxyl groups excluding tert-OH is 1. The van der Waals surface area contributed by atoms with Gasteiger partial charge in [0, 0.05) is 31.4 Å². The normalized spacial score (nSPS) is 15.1. The first-order valence-corrected chi connectivity index (χ1v) is 42.4. The monoisotopic (exact) mass is 1720 g/mol. The van der Waals surface area contributed by atoms with Gasteiger partial charge in [-0.3, -0.25) is 71.9 Å². The molecule has 3 aromatic rings. The molecular weight excluding hydrogens is 1590 g/mol. The third-order valence-electron chi connectivity index (χ3n) is 19.4. The predicted molar refractivity (Wildman–Crippen MR) is 453 cm³/mol. The van der Waals surface area contributed by atoms with E-state index in [1.54, 1.807) is 136 Å². The van der Waals surface area contributed by atoms with Crippen LogP contribution in [0.2, 0.25) is 0 Å². The lowest BCUT2D eigenvalue weighted by Gasteiger charge is -2.30. The molecule has 15 atom stereocenters. The zero-order valence-electron chi connectivity index (χ0n) is 70.2. The van der Waals surface area contributed by atoms with Crippen molar-refractivity contribution in [2.24, 2.45) is 46.8 Å². The Kier molecular flexibility index (Phi) is 46.7. The first-order chi connectivity index (χ1) is 56.6. The number of aromatic hydroxyl groups is 1. The average Bonchev–Trinajstić information content (AvgIpc) is 0.848. The maximum atomic E-state index is 14.8. The van der Waals surface area contributed by atoms with Gasteiger partial charge in [-0.15, -0.1) is 0 Å². The molecule has 23 N–H and O–H groups in total. The number of benzene rings is 3. The number of nitrogens with one attached hydrogen (secondary N) is 13. The Balaban J connectivity index is 1.93. The van der Waals surface area contributed by atoms with Gasteiger partial charge in [0.1, 0.15) is 90.3 Å². The molecule has 0 heterocycles. The van der Waals surface area contributed by atoms with Crippen molar-refractivity contribution in [3.63, 3.8) is 0 Å². The second-order valence-corrected chi connectivity index (χ2v) is 32.7. The molecule has 0 radical (unpaired) electrons. The van der Waals surface area contributed by atoms with E-state index in [1.807, 2.05) is 0 Å². The molecule has 36 nitrogen and oxygen atoms in total. The fourth-order valence-electron chi connectivity index (χ4n) is 12.5. The van der Waals surface area contributed by atoms with Crippen LogP contribution in [0.25, 0.3) is 0 Å². The van der Waals surface area contributed by atoms with Gasteiger partial charge in [-0.25, -0.2) is 4.79 Å². The van der Waals surface area contributed by atoms with Crippen LogP contribution in [0.1, 0.15) is 157 Å². The van der Waals surface area contributed by atoms with Gasteiger partial charge in [0.05, 0.1) is 13.0 Å². The number of hydrogen-bond donors (Lipinski definition) is 21. The number of aliphatic carboxylic acids is 2. The predicted octanol–water partition coefficient (Wildman–Crippen LogP) is -0.481. The van der Waals surface area contributed by atoms with Crippen molar-refractivity contribution in [1.82, 2.24) is 69.1 Å². The molecule has 0 bridgehead atoms. The van der Waals surface area contributed by atoms with Crippen molar-refractivity contribution in [1.29, 1.82) is 0 Å². The van der Waals surface area contributed by atoms with Crippen LogP contribution in [0, 0.1) is 29.6 Å². The Bertz CT molecular complexity index is 3870. The van der Waals surface area contributed by atoms with Crippen LogP contribution in [-0.4, -0.2) is 231 Å². The van der Waals surface area contributed by atoms with Crippen molar-refractivity contribution >= 4 is 119 Å². The Morgan fingerprint density at radius 1 is 0.417 bits per heavy atom. The van der Waals surface area contributed by atoms with E-state index in [4.69, 9.17) is 17.2 Å². The summed E-state index contributed by atoms with van der Waals surface area (Å²) in [7, 11) is 0. The number of thioether (sulfide) groups is 1. The molecule has 0 saturated carbocycles. The molecule has 14 amide bonds. The maximum absolute atomic E-state index is 14.8. The summed E-state index contributed by atoms with van der Waals surface area (Å²) in [5.74, 6) is -18.3. The Morgan fingerprint density at radius 3 is 1.17 bits per heavy atom. The maximum Gasteiger partial charge on any atom is 0.326 e. The van der Waals surface area contributed by atoms with Gasteiger partial charge in [0.15, 0.2) is 0 Å². The van der Waals surface area contributed by atoms with Crippen molar-refractivity contribution in [3.05, 3.63) is 102 Å². The molecule has 0 aliphatic carbocycles. The number of nitrogens with two attached hydrogens (primary N) is 3. The fourth-order valence-corrected chi connectivity index (χ4v) is 13.2. The van der Waals surface area contributed by atoms with E-state index in [1.165, 1.54) is 36.0 Å². The minimum absolute atomic E-state index is 0.00358. The van der Waals surface area contributed by atoms with Crippen LogP contribution < -0.4 is 86.3 Å². The second-order valence-electron chi connectivity index (χ2n) is 31.4. The smallest absolute Gasteiger partial charge is 0.326 e. The molecule has 0 fully saturated rings. The molecule has 0 saturated heterocycles. The minimum atomic E-state index is -1.97. The number of aliphatic hydroxyl groups is 1. The van der Waals surface area contributed by atoms with E-state index in [0.717, 1.165) is 0 Å². The summed E-state index contributed by atoms with van der Waals surface area (Å²) in [4.78, 5) is 223. The van der Waals surface area contributed by atoms with E-state index in [2.05, 4.69) is 81.7 Å². The highest BCUT2D eigenvalue weighted by molar-refractivity contribution is 7.98. The summed E-state index contributed by atoms with van der Waals surface area (Å²) in [5, 5.41) is 73.7. The van der Waals surface area contributed by atoms with Crippen LogP contribution >= 0.6 is 24.4 Å². The van der Waals surface area contributed by atoms with Crippen molar-refractivity contribution in [2.45, 2.75) is 244 Å². The van der Waals surface area contributed by atoms with Crippen molar-refractivity contribution in [2.75, 3.05) is 30.9 Å². The van der Waals surface area contributed by atoms with Crippen LogP contribution in [-0.2, 0) is 96.0 Å². The number of thiol groups is 1. The number of phenolic OH excluding ortho intramolecular Hbond substituents is 1. The third kappa shape index (κ3) is 37.9. The summed E-state index contributed by atoms with van der Waals surface area (Å²) in [6, 6.07) is 1.74. The number of amides is 14. The van der Waals surface area contributed by atoms with Gasteiger partial charge in [-0.05, 0) is 128 Å². The number of primary amides is 1. The van der Waals surface area contributed by atoms with Gasteiger partial charge >= 0.3 is 11.9 Å². The second kappa shape index (κ2) is 54.0. The lowest BCUT2D eigenvalue weighted by molar-refractivity contribution is -0.143. The van der Waals surface area contributed by atoms with Gasteiger partial charge in [0.2, 0.25) is 82.7 Å². The van der Waals surface area contributed by atoms with E-state index in [9.17, 15) is 97.1 Å². The number of rotatable bonds is 56. The first kappa shape index (κ1) is 104. The molecule has 0 unspecified atom stereocenters. The molecule has 0 spiro atoms. The number of carbonyl (C=O) groups excluding carboxylic acids is 14. The molecule has 666 valence electrons. The number of phenols is 1. The van der Waals surface area contributed by atoms with E-state index in [-0.39, 0.29) is 87.0 Å². The number of carbonyl (C=O) groups is 16. The summed E-state index contributed by atoms with van der Waals surface area (Å²) in [6.45, 7) is 16.5. The highest BCUT2D eigenvalue weighted by Crippen LogP contribution is 2.19. The van der Waals surface area contributed by atoms with E-state index < -0.39 is 211 Å². The van der Waals surface area contributed by atoms with Gasteiger partial charge in [-0.1, -0.05) is 148 Å². The topological polar surface area (TPSA) is 588 Å². The van der Waals surface area contributed by atoms with E-state index >= 15 is 0 Å². The fraction of sp³-hybridized carbons (Fsp3) is 0.585. The van der Waals surface area contributed by atoms with Gasteiger partial charge in [-0.2, -0.15) is 24.4 Å². The lowest BCUT2D eigenvalue weighted by Crippen LogP contribution is -2.62. The largest absolute Gasteiger partial charge is 0.508 e. The molecule has 0 aliphatic rings. The number of unbranched alkanes of at least 4 members (excludes halogenated alkanes) is 1. The van der Waals surface area contributed by atoms with Crippen molar-refractivity contribution in [3.8, 4) is 5.75 Å². The third-order valence-corrected chi connectivity index (χ3v) is 20.4. The molecular formula is C82H126N16O20S2. The molecule has 120 heavy (non-hydrogen) atoms. The SMILES string of the molecule is CC[C@H](C)[C@H](NC(=O)[C@H](Cc1ccccc1)NC(=O)[C@H](Cc1ccc(O)cc1)NC(=O)[C@H](CC(=O)O)NC(=O)[C@H](CC(C)C)NC(=O)[C@@H](NC(=O)[C@H](CS)NC(=O)[C@H](CC(C)C)NC(=O)[C@H](CCSC)NC(=O)[C@H](CC(C)C)NC(=O)[C@H](CCC(N)=O)NC(=O)[C@H](Cc1ccccc1)NC(=O)[C@@H](N)CO)C(C)C)C(=O)N[C@@H](CCCCN)C(=O)O. The van der Waals surface area contributed by atoms with Crippen LogP contribution in [0.4, 0.5) is 0 Å². The lowest BCUT2D eigenvalue weighted by atomic mass is 9.96. The molecule has 0 aliphatic heterocycles. The number of carboxylic acid groups (broad SMARTS) is 2. The Morgan fingerprint density at radius 2 is 0.767 bits per heavy atom. The standard InChI is InChI=1S/C82H126N16O20S2/c1-12-48(10)68(81(116)88-56(82(117)118)25-19-20-33-83)98-78(113)62(39-50-23-17-14-18-24-50)93-76(111)61(40-51-26-28-52(100)29-27-51)92-77(112)63(41-66(102)103)94-73(108)59(37-46(6)7)95-80(115)67(47(8)9)97-79(114)64(43-119)96-74(109)58(36-45(4)5)91-71(106)55(32-34-120-11)87-72(107)57(35-44(2)3)90-70(105)54(30-31-65(85)101)86-75(110)60(89-69(104)53(84)42-99)38-49-21-15-13-16-22-49/h13-18,21-24,26-29,44-48,53-64,67-68,99-100,119H,12,19-20,25,30-43,83-84H2,1-11H3,(H2,85,101)(H,86,110)(H,87,107)(H,88,116)(H,89,104)(H,90,105)(H,91,106)(H,92,112)(H,93,111)(H,94,108)(H,95,115)(H,96,109)(H,97,114)(H,98,113)(H,102,103)(H,117,118)/t48-,53-,54-,55-,56-,57-,58-,59-,60-,61-,62-,63-,64-,67-,68-/m0/s1.